The number of methoxy groups -OCH3 is 1. The molecule has 0 heterocycles. The van der Waals surface area contributed by atoms with Gasteiger partial charge in [0.1, 0.15) is 46.0 Å². The molecule has 0 aliphatic heterocycles. The highest BCUT2D eigenvalue weighted by atomic mass is 127. The number of phenols is 4. The Hall–Kier alpha value is -3.61. The molecule has 2 unspecified atom stereocenters. The first-order valence-electron chi connectivity index (χ1n) is 25.3. The molecule has 1 amide bonds. The summed E-state index contributed by atoms with van der Waals surface area (Å²) in [5, 5.41) is 54.8. The molecular formula is C59H73ClI5NO14. The number of ether oxygens (including phenoxy) is 3. The van der Waals surface area contributed by atoms with E-state index in [1.807, 2.05) is 109 Å². The molecule has 15 nitrogen and oxygen atoms in total. The average Bonchev–Trinajstić information content (AvgIpc) is 3.38. The fraction of sp³-hybridized carbons (Fsp3) is 0.407. The number of rotatable bonds is 20. The van der Waals surface area contributed by atoms with Gasteiger partial charge in [-0.15, -0.1) is 0 Å². The van der Waals surface area contributed by atoms with Crippen molar-refractivity contribution < 1.29 is 68.8 Å². The Bertz CT molecular complexity index is 2670. The van der Waals surface area contributed by atoms with E-state index in [4.69, 9.17) is 29.5 Å². The molecule has 0 radical (unpaired) electrons. The lowest BCUT2D eigenvalue weighted by atomic mass is 9.95. The van der Waals surface area contributed by atoms with Crippen molar-refractivity contribution in [3.63, 3.8) is 0 Å². The number of carboxylic acids is 2. The van der Waals surface area contributed by atoms with Gasteiger partial charge in [0.05, 0.1) is 27.3 Å². The highest BCUT2D eigenvalue weighted by Crippen LogP contribution is 2.30. The van der Waals surface area contributed by atoms with Crippen LogP contribution in [0.4, 0.5) is 0 Å². The maximum Gasteiger partial charge on any atom is 0.329 e. The minimum Gasteiger partial charge on any atom is -0.508 e. The number of aliphatic carboxylic acids is 2. The van der Waals surface area contributed by atoms with Crippen molar-refractivity contribution >= 4 is 151 Å². The van der Waals surface area contributed by atoms with Crippen LogP contribution in [0, 0.1) is 20.2 Å². The quantitative estimate of drug-likeness (QED) is 0.0314. The molecule has 0 aliphatic rings. The van der Waals surface area contributed by atoms with E-state index < -0.39 is 35.2 Å². The molecule has 0 aromatic heterocycles. The molecule has 0 fully saturated rings. The smallest absolute Gasteiger partial charge is 0.329 e. The van der Waals surface area contributed by atoms with Crippen molar-refractivity contribution in [2.45, 2.75) is 137 Å². The van der Waals surface area contributed by atoms with E-state index in [1.165, 1.54) is 0 Å². The van der Waals surface area contributed by atoms with E-state index in [2.05, 4.69) is 61.0 Å². The predicted molar refractivity (Wildman–Crippen MR) is 355 cm³/mol. The lowest BCUT2D eigenvalue weighted by molar-refractivity contribution is -0.164. The van der Waals surface area contributed by atoms with Crippen LogP contribution in [-0.2, 0) is 65.6 Å². The Morgan fingerprint density at radius 1 is 0.537 bits per heavy atom. The van der Waals surface area contributed by atoms with E-state index in [0.29, 0.717) is 38.6 Å². The second-order valence-electron chi connectivity index (χ2n) is 19.9. The molecule has 21 heteroatoms. The van der Waals surface area contributed by atoms with Crippen LogP contribution in [0.25, 0.3) is 0 Å². The molecule has 0 aliphatic carbocycles. The van der Waals surface area contributed by atoms with Gasteiger partial charge in [-0.3, -0.25) is 19.2 Å². The van der Waals surface area contributed by atoms with Gasteiger partial charge in [0.15, 0.2) is 0 Å². The van der Waals surface area contributed by atoms with Gasteiger partial charge in [-0.2, -0.15) is 0 Å². The van der Waals surface area contributed by atoms with Crippen LogP contribution in [0.15, 0.2) is 97.1 Å². The van der Waals surface area contributed by atoms with Crippen LogP contribution in [-0.4, -0.2) is 96.2 Å². The van der Waals surface area contributed by atoms with Crippen LogP contribution >= 0.6 is 121 Å². The summed E-state index contributed by atoms with van der Waals surface area (Å²) in [6.45, 7) is 15.4. The highest BCUT2D eigenvalue weighted by molar-refractivity contribution is 14.1. The first kappa shape index (κ1) is 74.4. The van der Waals surface area contributed by atoms with E-state index in [9.17, 15) is 39.3 Å². The first-order chi connectivity index (χ1) is 37.4. The van der Waals surface area contributed by atoms with Crippen LogP contribution in [0.3, 0.4) is 0 Å². The molecule has 0 spiro atoms. The third kappa shape index (κ3) is 30.6. The second-order valence-corrected chi connectivity index (χ2v) is 24.6. The van der Waals surface area contributed by atoms with Gasteiger partial charge in [0.2, 0.25) is 5.91 Å². The standard InChI is InChI=1S/C24H29I2NO5.C17H26O3.C9H8I2O3.C9H10O3.ClI/c1-5-27(21(29)11-8-16-12-18(25)22(30)19(26)13-16)20(23(31)32-24(2,3)4)14-15-6-9-17(28)10-7-15;1-6-7-14(16(18)20-17(2,3)4)12-13-8-10-15(19-5)11-9-13;10-6-3-5(1-2-8(12)13)4-7(11)9(6)14;10-8-4-1-7(2-5-8)3-6-9(11)12;1-2/h6-7,9-10,12-13,20,28,30H,5,8,11,14H2,1-4H3;8-11,14H,6-7,12H2,1-5H3;3-4,14H,1-2H2,(H,12,13);1-2,4-5,10H,3,6H2,(H,11,12);. The number of nitrogens with zero attached hydrogens (tertiary/aromatic N) is 1. The lowest BCUT2D eigenvalue weighted by Gasteiger charge is -2.32. The molecule has 5 aromatic rings. The molecule has 0 bridgehead atoms. The third-order valence-electron chi connectivity index (χ3n) is 11.1. The van der Waals surface area contributed by atoms with E-state index in [1.54, 1.807) is 115 Å². The van der Waals surface area contributed by atoms with E-state index in [-0.39, 0.29) is 60.1 Å². The van der Waals surface area contributed by atoms with Crippen LogP contribution in [0.2, 0.25) is 0 Å². The zero-order valence-corrected chi connectivity index (χ0v) is 57.9. The Labute approximate surface area is 542 Å². The van der Waals surface area contributed by atoms with Crippen molar-refractivity contribution in [3.8, 4) is 28.7 Å². The topological polar surface area (TPSA) is 238 Å². The van der Waals surface area contributed by atoms with Gasteiger partial charge in [0, 0.05) is 53.7 Å². The fourth-order valence-corrected chi connectivity index (χ4v) is 11.1. The summed E-state index contributed by atoms with van der Waals surface area (Å²) in [5.41, 5.74) is 3.68. The molecule has 2 atom stereocenters. The summed E-state index contributed by atoms with van der Waals surface area (Å²) in [4.78, 5) is 60.5. The van der Waals surface area contributed by atoms with Crippen molar-refractivity contribution in [1.82, 2.24) is 4.90 Å². The average molecular weight is 1690 g/mol. The van der Waals surface area contributed by atoms with Crippen LogP contribution < -0.4 is 4.74 Å². The zero-order chi connectivity index (χ0) is 60.9. The Morgan fingerprint density at radius 2 is 0.900 bits per heavy atom. The minimum atomic E-state index is -0.803. The number of hydrogen-bond acceptors (Lipinski definition) is 12. The van der Waals surface area contributed by atoms with Gasteiger partial charge >= 0.3 is 23.9 Å². The Morgan fingerprint density at radius 3 is 1.27 bits per heavy atom. The van der Waals surface area contributed by atoms with Crippen LogP contribution in [0.1, 0.15) is 115 Å². The minimum absolute atomic E-state index is 0.0763. The number of aryl methyl sites for hydroxylation is 3. The number of esters is 2. The molecule has 440 valence electrons. The van der Waals surface area contributed by atoms with Gasteiger partial charge < -0.3 is 49.7 Å². The SMILES string of the molecule is CCCC(Cc1ccc(OC)cc1)C(=O)OC(C)(C)C.CCN(C(=O)CCc1cc(I)c(O)c(I)c1)C(Cc1ccc(O)cc1)C(=O)OC(C)(C)C.ClI.O=C(O)CCc1cc(I)c(O)c(I)c1.O=C(O)CCc1ccc(O)cc1. The maximum atomic E-state index is 13.2. The fourth-order valence-electron chi connectivity index (χ4n) is 7.28. The maximum absolute atomic E-state index is 13.2. The molecule has 6 N–H and O–H groups in total. The Balaban J connectivity index is 0.000000569. The number of amides is 1. The van der Waals surface area contributed by atoms with Crippen molar-refractivity contribution in [2.75, 3.05) is 13.7 Å². The van der Waals surface area contributed by atoms with Gasteiger partial charge in [0.25, 0.3) is 0 Å². The summed E-state index contributed by atoms with van der Waals surface area (Å²) >= 11 is 9.82. The number of aromatic hydroxyl groups is 4. The number of hydrogen-bond donors (Lipinski definition) is 6. The van der Waals surface area contributed by atoms with Gasteiger partial charge in [-0.1, -0.05) is 49.7 Å². The second kappa shape index (κ2) is 38.3. The number of carboxylic acid groups (broad SMARTS) is 2. The normalized spacial score (nSPS) is 11.4. The van der Waals surface area contributed by atoms with Crippen molar-refractivity contribution in [3.05, 3.63) is 139 Å². The lowest BCUT2D eigenvalue weighted by Crippen LogP contribution is -2.48. The van der Waals surface area contributed by atoms with Crippen molar-refractivity contribution in [1.29, 1.82) is 0 Å². The summed E-state index contributed by atoms with van der Waals surface area (Å²) < 4.78 is 19.3. The van der Waals surface area contributed by atoms with E-state index >= 15 is 0 Å². The highest BCUT2D eigenvalue weighted by Gasteiger charge is 2.33. The number of carbonyl (C=O) groups is 5. The molecule has 0 saturated heterocycles. The predicted octanol–water partition coefficient (Wildman–Crippen LogP) is 14.6. The molecule has 0 saturated carbocycles. The summed E-state index contributed by atoms with van der Waals surface area (Å²) in [6, 6.07) is 27.6. The summed E-state index contributed by atoms with van der Waals surface area (Å²) in [5.74, 6) is -0.680. The number of phenolic OH excluding ortho intramolecular Hbond substituents is 4. The third-order valence-corrected chi connectivity index (χ3v) is 14.4. The Kier molecular flexibility index (Phi) is 35.6. The van der Waals surface area contributed by atoms with Crippen molar-refractivity contribution in [2.24, 2.45) is 5.92 Å². The largest absolute Gasteiger partial charge is 0.508 e. The molecular weight excluding hydrogens is 1620 g/mol. The summed E-state index contributed by atoms with van der Waals surface area (Å²) in [6.07, 6.45) is 4.83. The molecule has 80 heavy (non-hydrogen) atoms. The molecule has 5 aromatic carbocycles. The number of benzene rings is 5. The number of likely N-dealkylation sites (N-methyl/N-ethyl adjacent to an activating group) is 1. The zero-order valence-electron chi connectivity index (χ0n) is 46.3. The monoisotopic (exact) mass is 1690 g/mol. The van der Waals surface area contributed by atoms with Gasteiger partial charge in [-0.25, -0.2) is 4.79 Å². The number of halogens is 6. The van der Waals surface area contributed by atoms with Crippen LogP contribution in [0.5, 0.6) is 28.7 Å². The van der Waals surface area contributed by atoms with Gasteiger partial charge in [-0.05, 0) is 268 Å². The van der Waals surface area contributed by atoms with E-state index in [0.717, 1.165) is 60.7 Å². The molecule has 5 rings (SSSR count). The summed E-state index contributed by atoms with van der Waals surface area (Å²) in [7, 11) is 6.26. The first-order valence-corrected chi connectivity index (χ1v) is 32.4. The number of carbonyl (C=O) groups excluding carboxylic acids is 3.